The molecule has 0 fully saturated rings. The van der Waals surface area contributed by atoms with Gasteiger partial charge in [-0.15, -0.1) is 0 Å². The fourth-order valence-corrected chi connectivity index (χ4v) is 8.22. The highest BCUT2D eigenvalue weighted by molar-refractivity contribution is 6.25. The van der Waals surface area contributed by atoms with Crippen molar-refractivity contribution in [3.8, 4) is 44.5 Å². The number of rotatable bonds is 4. The van der Waals surface area contributed by atoms with Gasteiger partial charge < -0.3 is 0 Å². The van der Waals surface area contributed by atoms with Gasteiger partial charge in [0.1, 0.15) is 0 Å². The van der Waals surface area contributed by atoms with Crippen LogP contribution in [0.25, 0.3) is 87.6 Å². The molecule has 0 aromatic heterocycles. The normalized spacial score (nSPS) is 11.9. The molecule has 0 saturated heterocycles. The molecule has 0 radical (unpaired) electrons. The Morgan fingerprint density at radius 1 is 0.280 bits per heavy atom. The molecule has 9 aromatic rings. The van der Waals surface area contributed by atoms with Crippen molar-refractivity contribution >= 4 is 43.1 Å². The van der Waals surface area contributed by atoms with Crippen molar-refractivity contribution in [3.05, 3.63) is 181 Å². The van der Waals surface area contributed by atoms with Crippen LogP contribution in [0, 0.1) is 0 Å². The smallest absolute Gasteiger partial charge is 0.00171 e. The van der Waals surface area contributed by atoms with E-state index in [9.17, 15) is 0 Å². The van der Waals surface area contributed by atoms with Crippen LogP contribution in [0.15, 0.2) is 176 Å². The van der Waals surface area contributed by atoms with Gasteiger partial charge in [0.25, 0.3) is 0 Å². The Morgan fingerprint density at radius 3 is 1.18 bits per heavy atom. The summed E-state index contributed by atoms with van der Waals surface area (Å²) in [5.41, 5.74) is 11.4. The predicted octanol–water partition coefficient (Wildman–Crippen LogP) is 14.3. The number of benzene rings is 9. The molecule has 0 aliphatic heterocycles. The van der Waals surface area contributed by atoms with Crippen molar-refractivity contribution < 1.29 is 0 Å². The third-order valence-electron chi connectivity index (χ3n) is 10.4. The molecule has 0 nitrogen and oxygen atoms in total. The van der Waals surface area contributed by atoms with E-state index in [0.29, 0.717) is 0 Å². The molecule has 0 unspecified atom stereocenters. The van der Waals surface area contributed by atoms with Crippen molar-refractivity contribution in [2.75, 3.05) is 0 Å². The van der Waals surface area contributed by atoms with Gasteiger partial charge in [-0.2, -0.15) is 0 Å². The van der Waals surface area contributed by atoms with Gasteiger partial charge in [0.05, 0.1) is 0 Å². The fraction of sp³-hybridized carbons (Fsp3) is 0.0800. The SMILES string of the molecule is CC(C)(C)c1cccc2c(-c3ccccc3-c3cccc4ccccc34)c3ccccc3c(-c3ccccc3-c3cccc4ccccc34)c12. The Bertz CT molecular complexity index is 2730. The monoisotopic (exact) mass is 638 g/mol. The van der Waals surface area contributed by atoms with E-state index >= 15 is 0 Å². The van der Waals surface area contributed by atoms with E-state index in [1.54, 1.807) is 0 Å². The Labute approximate surface area is 294 Å². The zero-order chi connectivity index (χ0) is 33.8. The maximum absolute atomic E-state index is 2.36. The minimum atomic E-state index is -0.0858. The highest BCUT2D eigenvalue weighted by atomic mass is 14.3. The van der Waals surface area contributed by atoms with Gasteiger partial charge in [0, 0.05) is 0 Å². The van der Waals surface area contributed by atoms with Gasteiger partial charge >= 0.3 is 0 Å². The maximum Gasteiger partial charge on any atom is -0.00171 e. The quantitative estimate of drug-likeness (QED) is 0.168. The molecule has 0 amide bonds. The summed E-state index contributed by atoms with van der Waals surface area (Å²) < 4.78 is 0. The molecule has 0 saturated carbocycles. The van der Waals surface area contributed by atoms with Crippen LogP contribution in [0.1, 0.15) is 26.3 Å². The third kappa shape index (κ3) is 4.83. The lowest BCUT2D eigenvalue weighted by molar-refractivity contribution is 0.596. The van der Waals surface area contributed by atoms with Crippen molar-refractivity contribution in [1.82, 2.24) is 0 Å². The molecule has 0 heteroatoms. The molecule has 50 heavy (non-hydrogen) atoms. The van der Waals surface area contributed by atoms with Crippen molar-refractivity contribution in [2.24, 2.45) is 0 Å². The molecule has 0 bridgehead atoms. The van der Waals surface area contributed by atoms with Crippen LogP contribution in [-0.2, 0) is 5.41 Å². The molecule has 9 aromatic carbocycles. The molecule has 0 aliphatic carbocycles. The molecule has 9 rings (SSSR count). The maximum atomic E-state index is 2.36. The van der Waals surface area contributed by atoms with Gasteiger partial charge in [0.15, 0.2) is 0 Å². The average Bonchev–Trinajstić information content (AvgIpc) is 3.16. The van der Waals surface area contributed by atoms with Gasteiger partial charge in [-0.25, -0.2) is 0 Å². The van der Waals surface area contributed by atoms with E-state index in [0.717, 1.165) is 0 Å². The summed E-state index contributed by atoms with van der Waals surface area (Å²) >= 11 is 0. The summed E-state index contributed by atoms with van der Waals surface area (Å²) in [6.07, 6.45) is 0. The van der Waals surface area contributed by atoms with Crippen LogP contribution in [0.4, 0.5) is 0 Å². The molecular formula is C50H38. The second-order valence-corrected chi connectivity index (χ2v) is 14.4. The average molecular weight is 639 g/mol. The first-order chi connectivity index (χ1) is 24.5. The zero-order valence-corrected chi connectivity index (χ0v) is 28.7. The fourth-order valence-electron chi connectivity index (χ4n) is 8.22. The number of hydrogen-bond donors (Lipinski definition) is 0. The Morgan fingerprint density at radius 2 is 0.640 bits per heavy atom. The first-order valence-electron chi connectivity index (χ1n) is 17.6. The summed E-state index contributed by atoms with van der Waals surface area (Å²) in [6.45, 7) is 7.04. The van der Waals surface area contributed by atoms with Gasteiger partial charge in [-0.05, 0) is 98.6 Å². The number of fused-ring (bicyclic) bond motifs is 4. The Kier molecular flexibility index (Phi) is 7.14. The Balaban J connectivity index is 1.45. The van der Waals surface area contributed by atoms with Crippen LogP contribution >= 0.6 is 0 Å². The summed E-state index contributed by atoms with van der Waals surface area (Å²) in [6, 6.07) is 64.9. The second kappa shape index (κ2) is 11.9. The standard InChI is InChI=1S/C50H38/c1-50(2,3)46-32-16-31-45-47(41-25-10-8-23-39(41)37-29-14-19-33-17-4-6-21-35(33)37)43-27-12-13-28-44(43)48(49(45)46)42-26-11-9-24-40(42)38-30-15-20-34-18-5-7-22-36(34)38/h4-32H,1-3H3. The van der Waals surface area contributed by atoms with E-state index in [4.69, 9.17) is 0 Å². The summed E-state index contributed by atoms with van der Waals surface area (Å²) in [5.74, 6) is 0. The minimum absolute atomic E-state index is 0.0858. The van der Waals surface area contributed by atoms with Crippen LogP contribution in [0.2, 0.25) is 0 Å². The predicted molar refractivity (Wildman–Crippen MR) is 217 cm³/mol. The minimum Gasteiger partial charge on any atom is -0.0616 e. The molecule has 0 heterocycles. The van der Waals surface area contributed by atoms with E-state index in [1.807, 2.05) is 0 Å². The molecule has 0 atom stereocenters. The molecule has 0 spiro atoms. The van der Waals surface area contributed by atoms with Crippen LogP contribution in [-0.4, -0.2) is 0 Å². The lowest BCUT2D eigenvalue weighted by Crippen LogP contribution is -2.12. The highest BCUT2D eigenvalue weighted by Gasteiger charge is 2.26. The van der Waals surface area contributed by atoms with Crippen molar-refractivity contribution in [3.63, 3.8) is 0 Å². The summed E-state index contributed by atoms with van der Waals surface area (Å²) in [5, 5.41) is 10.2. The molecule has 0 N–H and O–H groups in total. The largest absolute Gasteiger partial charge is 0.0616 e. The lowest BCUT2D eigenvalue weighted by atomic mass is 9.76. The summed E-state index contributed by atoms with van der Waals surface area (Å²) in [4.78, 5) is 0. The molecule has 238 valence electrons. The molecule has 0 aliphatic rings. The topological polar surface area (TPSA) is 0 Å². The second-order valence-electron chi connectivity index (χ2n) is 14.4. The van der Waals surface area contributed by atoms with Gasteiger partial charge in [0.2, 0.25) is 0 Å². The third-order valence-corrected chi connectivity index (χ3v) is 10.4. The molecular weight excluding hydrogens is 601 g/mol. The number of hydrogen-bond acceptors (Lipinski definition) is 0. The van der Waals surface area contributed by atoms with Crippen LogP contribution < -0.4 is 0 Å². The van der Waals surface area contributed by atoms with Crippen LogP contribution in [0.5, 0.6) is 0 Å². The first kappa shape index (κ1) is 30.1. The highest BCUT2D eigenvalue weighted by Crippen LogP contribution is 2.51. The Hall–Kier alpha value is -5.98. The van der Waals surface area contributed by atoms with E-state index in [2.05, 4.69) is 197 Å². The van der Waals surface area contributed by atoms with Crippen molar-refractivity contribution in [2.45, 2.75) is 26.2 Å². The van der Waals surface area contributed by atoms with Crippen LogP contribution in [0.3, 0.4) is 0 Å². The first-order valence-corrected chi connectivity index (χ1v) is 17.6. The van der Waals surface area contributed by atoms with Gasteiger partial charge in [-0.1, -0.05) is 197 Å². The zero-order valence-electron chi connectivity index (χ0n) is 28.7. The van der Waals surface area contributed by atoms with E-state index < -0.39 is 0 Å². The van der Waals surface area contributed by atoms with E-state index in [-0.39, 0.29) is 5.41 Å². The summed E-state index contributed by atoms with van der Waals surface area (Å²) in [7, 11) is 0. The van der Waals surface area contributed by atoms with E-state index in [1.165, 1.54) is 93.2 Å². The van der Waals surface area contributed by atoms with Gasteiger partial charge in [-0.3, -0.25) is 0 Å². The lowest BCUT2D eigenvalue weighted by Gasteiger charge is -2.27. The van der Waals surface area contributed by atoms with Crippen molar-refractivity contribution in [1.29, 1.82) is 0 Å².